The zero-order valence-electron chi connectivity index (χ0n) is 16.7. The standard InChI is InChI=1S/C24H21ClN2O3/c1-15(2)17-5-12-22-21(13-17)27-24(30-22)16-3-8-19(9-4-16)26-23(28)14-29-20-10-6-18(25)7-11-20/h3-13,15H,14H2,1-2H3,(H,26,28). The molecule has 1 aromatic heterocycles. The predicted molar refractivity (Wildman–Crippen MR) is 119 cm³/mol. The zero-order valence-corrected chi connectivity index (χ0v) is 17.4. The van der Waals surface area contributed by atoms with Crippen LogP contribution >= 0.6 is 11.6 Å². The minimum atomic E-state index is -0.249. The van der Waals surface area contributed by atoms with Crippen LogP contribution in [-0.2, 0) is 4.79 Å². The highest BCUT2D eigenvalue weighted by atomic mass is 35.5. The number of fused-ring (bicyclic) bond motifs is 1. The highest BCUT2D eigenvalue weighted by Gasteiger charge is 2.11. The van der Waals surface area contributed by atoms with Gasteiger partial charge in [0.1, 0.15) is 11.3 Å². The first-order valence-electron chi connectivity index (χ1n) is 9.67. The second kappa shape index (κ2) is 8.59. The van der Waals surface area contributed by atoms with Crippen molar-refractivity contribution < 1.29 is 13.9 Å². The Balaban J connectivity index is 1.40. The van der Waals surface area contributed by atoms with E-state index in [4.69, 9.17) is 20.8 Å². The van der Waals surface area contributed by atoms with Gasteiger partial charge in [0.05, 0.1) is 0 Å². The third-order valence-electron chi connectivity index (χ3n) is 4.68. The van der Waals surface area contributed by atoms with Crippen LogP contribution in [0, 0.1) is 0 Å². The van der Waals surface area contributed by atoms with Crippen LogP contribution in [0.15, 0.2) is 71.1 Å². The summed E-state index contributed by atoms with van der Waals surface area (Å²) < 4.78 is 11.3. The molecule has 3 aromatic carbocycles. The molecule has 0 saturated heterocycles. The van der Waals surface area contributed by atoms with E-state index in [1.165, 1.54) is 5.56 Å². The van der Waals surface area contributed by atoms with E-state index in [0.717, 1.165) is 16.7 Å². The van der Waals surface area contributed by atoms with Gasteiger partial charge in [-0.1, -0.05) is 31.5 Å². The molecule has 152 valence electrons. The highest BCUT2D eigenvalue weighted by molar-refractivity contribution is 6.30. The first kappa shape index (κ1) is 20.0. The van der Waals surface area contributed by atoms with E-state index in [1.54, 1.807) is 24.3 Å². The van der Waals surface area contributed by atoms with Crippen LogP contribution in [0.2, 0.25) is 5.02 Å². The Hall–Kier alpha value is -3.31. The number of halogens is 1. The van der Waals surface area contributed by atoms with Crippen molar-refractivity contribution in [2.24, 2.45) is 0 Å². The fourth-order valence-electron chi connectivity index (χ4n) is 3.00. The monoisotopic (exact) mass is 420 g/mol. The number of amides is 1. The molecule has 0 radical (unpaired) electrons. The van der Waals surface area contributed by atoms with E-state index < -0.39 is 0 Å². The Morgan fingerprint density at radius 3 is 2.50 bits per heavy atom. The summed E-state index contributed by atoms with van der Waals surface area (Å²) in [6.07, 6.45) is 0. The second-order valence-electron chi connectivity index (χ2n) is 7.27. The zero-order chi connectivity index (χ0) is 21.1. The first-order valence-corrected chi connectivity index (χ1v) is 10.0. The molecule has 30 heavy (non-hydrogen) atoms. The number of carbonyl (C=O) groups excluding carboxylic acids is 1. The van der Waals surface area contributed by atoms with Crippen molar-refractivity contribution in [2.75, 3.05) is 11.9 Å². The van der Waals surface area contributed by atoms with Gasteiger partial charge in [0, 0.05) is 16.3 Å². The fraction of sp³-hybridized carbons (Fsp3) is 0.167. The minimum Gasteiger partial charge on any atom is -0.484 e. The van der Waals surface area contributed by atoms with Crippen molar-refractivity contribution in [1.82, 2.24) is 4.98 Å². The number of anilines is 1. The average Bonchev–Trinajstić information content (AvgIpc) is 3.17. The first-order chi connectivity index (χ1) is 14.5. The van der Waals surface area contributed by atoms with Crippen molar-refractivity contribution in [3.8, 4) is 17.2 Å². The summed E-state index contributed by atoms with van der Waals surface area (Å²) in [4.78, 5) is 16.7. The average molecular weight is 421 g/mol. The molecule has 1 amide bonds. The number of oxazole rings is 1. The van der Waals surface area contributed by atoms with Gasteiger partial charge >= 0.3 is 0 Å². The van der Waals surface area contributed by atoms with Crippen LogP contribution in [0.4, 0.5) is 5.69 Å². The molecule has 1 N–H and O–H groups in total. The molecule has 1 heterocycles. The number of hydrogen-bond acceptors (Lipinski definition) is 4. The number of hydrogen-bond donors (Lipinski definition) is 1. The van der Waals surface area contributed by atoms with Gasteiger partial charge < -0.3 is 14.5 Å². The van der Waals surface area contributed by atoms with Gasteiger partial charge in [-0.3, -0.25) is 4.79 Å². The molecule has 5 nitrogen and oxygen atoms in total. The fourth-order valence-corrected chi connectivity index (χ4v) is 3.13. The molecule has 0 spiro atoms. The predicted octanol–water partition coefficient (Wildman–Crippen LogP) is 6.29. The van der Waals surface area contributed by atoms with Crippen molar-refractivity contribution in [3.05, 3.63) is 77.3 Å². The number of carbonyl (C=O) groups is 1. The maximum Gasteiger partial charge on any atom is 0.262 e. The normalized spacial score (nSPS) is 11.1. The van der Waals surface area contributed by atoms with Crippen LogP contribution in [0.25, 0.3) is 22.6 Å². The Labute approximate surface area is 179 Å². The molecule has 4 rings (SSSR count). The lowest BCUT2D eigenvalue weighted by molar-refractivity contribution is -0.118. The van der Waals surface area contributed by atoms with Crippen molar-refractivity contribution >= 4 is 34.3 Å². The summed E-state index contributed by atoms with van der Waals surface area (Å²) in [7, 11) is 0. The Morgan fingerprint density at radius 1 is 1.07 bits per heavy atom. The van der Waals surface area contributed by atoms with Crippen LogP contribution in [-0.4, -0.2) is 17.5 Å². The molecule has 0 fully saturated rings. The van der Waals surface area contributed by atoms with Crippen LogP contribution in [0.3, 0.4) is 0 Å². The van der Waals surface area contributed by atoms with Gasteiger partial charge in [0.15, 0.2) is 12.2 Å². The second-order valence-corrected chi connectivity index (χ2v) is 7.71. The van der Waals surface area contributed by atoms with Gasteiger partial charge in [-0.05, 0) is 72.1 Å². The summed E-state index contributed by atoms with van der Waals surface area (Å²) >= 11 is 5.83. The molecule has 0 aliphatic carbocycles. The Bertz CT molecular complexity index is 1170. The number of ether oxygens (including phenoxy) is 1. The third kappa shape index (κ3) is 4.63. The minimum absolute atomic E-state index is 0.0906. The van der Waals surface area contributed by atoms with Gasteiger partial charge in [-0.2, -0.15) is 0 Å². The molecule has 0 bridgehead atoms. The topological polar surface area (TPSA) is 64.4 Å². The molecule has 0 atom stereocenters. The summed E-state index contributed by atoms with van der Waals surface area (Å²) in [6.45, 7) is 4.21. The van der Waals surface area contributed by atoms with E-state index in [1.807, 2.05) is 30.3 Å². The van der Waals surface area contributed by atoms with Crippen LogP contribution in [0.5, 0.6) is 5.75 Å². The van der Waals surface area contributed by atoms with Gasteiger partial charge in [-0.15, -0.1) is 0 Å². The Morgan fingerprint density at radius 2 is 1.80 bits per heavy atom. The Kier molecular flexibility index (Phi) is 5.72. The van der Waals surface area contributed by atoms with Crippen molar-refractivity contribution in [2.45, 2.75) is 19.8 Å². The van der Waals surface area contributed by atoms with Crippen LogP contribution in [0.1, 0.15) is 25.3 Å². The summed E-state index contributed by atoms with van der Waals surface area (Å²) in [5.41, 5.74) is 4.33. The molecule has 0 unspecified atom stereocenters. The maximum atomic E-state index is 12.1. The molecule has 0 aliphatic rings. The number of benzene rings is 3. The van der Waals surface area contributed by atoms with Crippen molar-refractivity contribution in [1.29, 1.82) is 0 Å². The highest BCUT2D eigenvalue weighted by Crippen LogP contribution is 2.27. The quantitative estimate of drug-likeness (QED) is 0.398. The summed E-state index contributed by atoms with van der Waals surface area (Å²) in [6, 6.07) is 20.3. The SMILES string of the molecule is CC(C)c1ccc2oc(-c3ccc(NC(=O)COc4ccc(Cl)cc4)cc3)nc2c1. The van der Waals surface area contributed by atoms with Gasteiger partial charge in [-0.25, -0.2) is 4.98 Å². The van der Waals surface area contributed by atoms with E-state index in [2.05, 4.69) is 36.3 Å². The van der Waals surface area contributed by atoms with E-state index in [0.29, 0.717) is 28.3 Å². The van der Waals surface area contributed by atoms with E-state index in [9.17, 15) is 4.79 Å². The lowest BCUT2D eigenvalue weighted by Gasteiger charge is -2.08. The maximum absolute atomic E-state index is 12.1. The molecule has 4 aromatic rings. The van der Waals surface area contributed by atoms with Gasteiger partial charge in [0.25, 0.3) is 5.91 Å². The number of nitrogens with one attached hydrogen (secondary N) is 1. The number of aromatic nitrogens is 1. The molecule has 6 heteroatoms. The third-order valence-corrected chi connectivity index (χ3v) is 4.93. The molecule has 0 saturated carbocycles. The van der Waals surface area contributed by atoms with Gasteiger partial charge in [0.2, 0.25) is 5.89 Å². The van der Waals surface area contributed by atoms with E-state index >= 15 is 0 Å². The smallest absolute Gasteiger partial charge is 0.262 e. The number of nitrogens with zero attached hydrogens (tertiary/aromatic N) is 1. The molecular weight excluding hydrogens is 400 g/mol. The summed E-state index contributed by atoms with van der Waals surface area (Å²) in [5.74, 6) is 1.32. The lowest BCUT2D eigenvalue weighted by Crippen LogP contribution is -2.20. The van der Waals surface area contributed by atoms with Crippen LogP contribution < -0.4 is 10.1 Å². The van der Waals surface area contributed by atoms with Crippen molar-refractivity contribution in [3.63, 3.8) is 0 Å². The lowest BCUT2D eigenvalue weighted by atomic mass is 10.0. The number of rotatable bonds is 6. The van der Waals surface area contributed by atoms with E-state index in [-0.39, 0.29) is 12.5 Å². The summed E-state index contributed by atoms with van der Waals surface area (Å²) in [5, 5.41) is 3.42. The largest absolute Gasteiger partial charge is 0.484 e. The molecular formula is C24H21ClN2O3. The molecule has 0 aliphatic heterocycles.